The van der Waals surface area contributed by atoms with Gasteiger partial charge >= 0.3 is 0 Å². The number of benzene rings is 1. The van der Waals surface area contributed by atoms with E-state index in [2.05, 4.69) is 36.4 Å². The topological polar surface area (TPSA) is 15.6 Å². The lowest BCUT2D eigenvalue weighted by molar-refractivity contribution is 0.490. The fourth-order valence-corrected chi connectivity index (χ4v) is 3.55. The number of allylic oxidation sites excluding steroid dienone is 1. The fourth-order valence-electron chi connectivity index (χ4n) is 2.58. The van der Waals surface area contributed by atoms with Crippen molar-refractivity contribution < 1.29 is 0 Å². The van der Waals surface area contributed by atoms with Gasteiger partial charge in [-0.05, 0) is 30.3 Å². The molecule has 2 rings (SSSR count). The lowest BCUT2D eigenvalue weighted by Gasteiger charge is -2.33. The summed E-state index contributed by atoms with van der Waals surface area (Å²) in [7, 11) is 1.83. The zero-order valence-corrected chi connectivity index (χ0v) is 15.6. The summed E-state index contributed by atoms with van der Waals surface area (Å²) in [4.78, 5) is 4.17. The summed E-state index contributed by atoms with van der Waals surface area (Å²) in [5.74, 6) is 0. The maximum Gasteiger partial charge on any atom is 0.112 e. The van der Waals surface area contributed by atoms with Gasteiger partial charge in [-0.25, -0.2) is 4.42 Å². The number of hydrogen-bond acceptors (Lipinski definition) is 2. The molecule has 21 heavy (non-hydrogen) atoms. The average molecular weight is 390 g/mol. The second-order valence-corrected chi connectivity index (χ2v) is 8.07. The van der Waals surface area contributed by atoms with Gasteiger partial charge in [-0.15, -0.1) is 18.2 Å². The van der Waals surface area contributed by atoms with E-state index < -0.39 is 4.87 Å². The highest BCUT2D eigenvalue weighted by atomic mass is 79.9. The zero-order valence-electron chi connectivity index (χ0n) is 12.5. The standard InChI is InChI=1S/C16H19BrCl2N2/c1-5-15(2,3)14-16(18,8-9-21(4)19)12-7-6-11(17)10-13(12)20-14/h5-7,10H,1,8-9H2,2-4H3. The van der Waals surface area contributed by atoms with Crippen molar-refractivity contribution in [2.45, 2.75) is 25.1 Å². The molecule has 0 aliphatic carbocycles. The first-order valence-electron chi connectivity index (χ1n) is 6.80. The molecule has 5 heteroatoms. The molecule has 1 atom stereocenters. The van der Waals surface area contributed by atoms with Crippen LogP contribution in [0.2, 0.25) is 0 Å². The smallest absolute Gasteiger partial charge is 0.112 e. The molecule has 0 saturated heterocycles. The van der Waals surface area contributed by atoms with Crippen molar-refractivity contribution in [3.8, 4) is 0 Å². The van der Waals surface area contributed by atoms with Crippen molar-refractivity contribution in [3.63, 3.8) is 0 Å². The summed E-state index contributed by atoms with van der Waals surface area (Å²) in [6.07, 6.45) is 2.59. The van der Waals surface area contributed by atoms with Crippen LogP contribution >= 0.6 is 39.3 Å². The lowest BCUT2D eigenvalue weighted by atomic mass is 9.77. The molecule has 0 fully saturated rings. The van der Waals surface area contributed by atoms with Crippen LogP contribution in [0.3, 0.4) is 0 Å². The van der Waals surface area contributed by atoms with E-state index in [9.17, 15) is 0 Å². The molecule has 0 radical (unpaired) electrons. The Hall–Kier alpha value is -0.350. The Balaban J connectivity index is 2.53. The summed E-state index contributed by atoms with van der Waals surface area (Å²) in [6, 6.07) is 6.04. The molecule has 2 nitrogen and oxygen atoms in total. The summed E-state index contributed by atoms with van der Waals surface area (Å²) < 4.78 is 2.62. The second kappa shape index (κ2) is 6.04. The highest BCUT2D eigenvalue weighted by Gasteiger charge is 2.46. The summed E-state index contributed by atoms with van der Waals surface area (Å²) in [5, 5.41) is 0. The van der Waals surface area contributed by atoms with E-state index in [0.29, 0.717) is 13.0 Å². The van der Waals surface area contributed by atoms with Gasteiger partial charge in [0.2, 0.25) is 0 Å². The summed E-state index contributed by atoms with van der Waals surface area (Å²) in [5.41, 5.74) is 2.61. The van der Waals surface area contributed by atoms with E-state index in [1.54, 1.807) is 4.42 Å². The number of hydrogen-bond donors (Lipinski definition) is 0. The predicted octanol–water partition coefficient (Wildman–Crippen LogP) is 5.66. The number of rotatable bonds is 5. The van der Waals surface area contributed by atoms with Gasteiger partial charge in [0.25, 0.3) is 0 Å². The Morgan fingerprint density at radius 2 is 2.14 bits per heavy atom. The minimum Gasteiger partial charge on any atom is -0.254 e. The molecule has 0 amide bonds. The third-order valence-electron chi connectivity index (χ3n) is 3.88. The lowest BCUT2D eigenvalue weighted by Crippen LogP contribution is -2.38. The highest BCUT2D eigenvalue weighted by molar-refractivity contribution is 9.10. The quantitative estimate of drug-likeness (QED) is 0.360. The van der Waals surface area contributed by atoms with Crippen molar-refractivity contribution in [2.75, 3.05) is 13.6 Å². The Morgan fingerprint density at radius 3 is 2.71 bits per heavy atom. The molecule has 0 bridgehead atoms. The highest BCUT2D eigenvalue weighted by Crippen LogP contribution is 2.51. The van der Waals surface area contributed by atoms with Crippen molar-refractivity contribution >= 4 is 50.7 Å². The van der Waals surface area contributed by atoms with Crippen molar-refractivity contribution in [2.24, 2.45) is 10.4 Å². The molecule has 1 aromatic rings. The van der Waals surface area contributed by atoms with E-state index in [4.69, 9.17) is 28.4 Å². The Labute approximate surface area is 145 Å². The molecule has 0 aromatic heterocycles. The summed E-state index contributed by atoms with van der Waals surface area (Å²) >= 11 is 16.5. The van der Waals surface area contributed by atoms with Crippen molar-refractivity contribution in [3.05, 3.63) is 40.9 Å². The first-order valence-corrected chi connectivity index (χ1v) is 8.31. The second-order valence-electron chi connectivity index (χ2n) is 5.93. The minimum atomic E-state index is -0.642. The van der Waals surface area contributed by atoms with Crippen LogP contribution in [-0.4, -0.2) is 23.7 Å². The minimum absolute atomic E-state index is 0.280. The molecule has 0 saturated carbocycles. The van der Waals surface area contributed by atoms with E-state index in [-0.39, 0.29) is 5.41 Å². The van der Waals surface area contributed by atoms with Crippen LogP contribution in [0, 0.1) is 5.41 Å². The monoisotopic (exact) mass is 388 g/mol. The van der Waals surface area contributed by atoms with Crippen LogP contribution in [0.25, 0.3) is 0 Å². The molecule has 1 aliphatic heterocycles. The first-order chi connectivity index (χ1) is 9.70. The third-order valence-corrected chi connectivity index (χ3v) is 5.11. The molecular formula is C16H19BrCl2N2. The zero-order chi connectivity index (χ0) is 15.8. The Kier molecular flexibility index (Phi) is 4.89. The molecule has 114 valence electrons. The molecule has 1 aromatic carbocycles. The fraction of sp³-hybridized carbons (Fsp3) is 0.438. The number of halogens is 3. The molecule has 1 heterocycles. The molecule has 1 aliphatic rings. The van der Waals surface area contributed by atoms with Crippen LogP contribution in [0.5, 0.6) is 0 Å². The van der Waals surface area contributed by atoms with E-state index in [1.165, 1.54) is 0 Å². The maximum atomic E-state index is 7.05. The van der Waals surface area contributed by atoms with Gasteiger partial charge in [0.15, 0.2) is 0 Å². The van der Waals surface area contributed by atoms with Gasteiger partial charge in [-0.3, -0.25) is 4.99 Å². The average Bonchev–Trinajstić information content (AvgIpc) is 2.70. The molecular weight excluding hydrogens is 371 g/mol. The van der Waals surface area contributed by atoms with Gasteiger partial charge in [-0.2, -0.15) is 0 Å². The SMILES string of the molecule is C=CC(C)(C)C1=Nc2cc(Br)ccc2C1(Cl)CCN(C)Cl. The van der Waals surface area contributed by atoms with Crippen molar-refractivity contribution in [1.29, 1.82) is 0 Å². The van der Waals surface area contributed by atoms with Crippen molar-refractivity contribution in [1.82, 2.24) is 4.42 Å². The number of fused-ring (bicyclic) bond motifs is 1. The number of alkyl halides is 1. The van der Waals surface area contributed by atoms with Crippen LogP contribution in [0.1, 0.15) is 25.8 Å². The number of nitrogens with zero attached hydrogens (tertiary/aromatic N) is 2. The first kappa shape index (κ1) is 17.0. The Bertz CT molecular complexity index is 596. The molecule has 0 spiro atoms. The summed E-state index contributed by atoms with van der Waals surface area (Å²) in [6.45, 7) is 8.78. The van der Waals surface area contributed by atoms with Crippen LogP contribution in [0.15, 0.2) is 40.3 Å². The van der Waals surface area contributed by atoms with E-state index >= 15 is 0 Å². The van der Waals surface area contributed by atoms with Gasteiger partial charge in [0, 0.05) is 29.0 Å². The third kappa shape index (κ3) is 3.21. The van der Waals surface area contributed by atoms with Crippen LogP contribution in [-0.2, 0) is 4.87 Å². The predicted molar refractivity (Wildman–Crippen MR) is 95.8 cm³/mol. The van der Waals surface area contributed by atoms with Gasteiger partial charge in [0.1, 0.15) is 4.87 Å². The molecule has 0 N–H and O–H groups in total. The van der Waals surface area contributed by atoms with Gasteiger partial charge in [0.05, 0.1) is 11.4 Å². The van der Waals surface area contributed by atoms with Crippen LogP contribution in [0.4, 0.5) is 5.69 Å². The van der Waals surface area contributed by atoms with E-state index in [0.717, 1.165) is 21.4 Å². The van der Waals surface area contributed by atoms with Gasteiger partial charge in [-0.1, -0.05) is 41.9 Å². The molecule has 1 unspecified atom stereocenters. The van der Waals surface area contributed by atoms with Gasteiger partial charge < -0.3 is 0 Å². The van der Waals surface area contributed by atoms with E-state index in [1.807, 2.05) is 31.3 Å². The number of aliphatic imine (C=N–C) groups is 1. The Morgan fingerprint density at radius 1 is 1.48 bits per heavy atom. The largest absolute Gasteiger partial charge is 0.254 e. The normalized spacial score (nSPS) is 21.4. The maximum absolute atomic E-state index is 7.05. The van der Waals surface area contributed by atoms with Crippen LogP contribution < -0.4 is 0 Å².